The topological polar surface area (TPSA) is 46.9 Å². The van der Waals surface area contributed by atoms with Crippen LogP contribution in [-0.4, -0.2) is 27.5 Å². The van der Waals surface area contributed by atoms with Gasteiger partial charge in [-0.25, -0.2) is 4.39 Å². The molecule has 1 N–H and O–H groups in total. The van der Waals surface area contributed by atoms with Crippen LogP contribution in [0.3, 0.4) is 0 Å². The Labute approximate surface area is 170 Å². The maximum absolute atomic E-state index is 14.1. The molecule has 0 bridgehead atoms. The standard InChI is InChI=1S/C21H22F5N3O/c1-29-19(27-17(30)10-14-11-20(23,24)21(14,25)26)18(12-6-4-7-12)16(28-29)9-13-5-2-3-8-15(13)22/h2-3,5,8,12,14H,4,6-7,9-11H2,1H3,(H,27,30)/t14-/m0/s1. The molecule has 2 aromatic rings. The van der Waals surface area contributed by atoms with Crippen LogP contribution in [0.4, 0.5) is 27.8 Å². The van der Waals surface area contributed by atoms with Crippen molar-refractivity contribution >= 4 is 11.7 Å². The van der Waals surface area contributed by atoms with Crippen LogP contribution in [0.5, 0.6) is 0 Å². The number of aryl methyl sites for hydroxylation is 1. The lowest BCUT2D eigenvalue weighted by molar-refractivity contribution is -0.313. The third kappa shape index (κ3) is 3.48. The van der Waals surface area contributed by atoms with Gasteiger partial charge in [0.2, 0.25) is 5.91 Å². The second-order valence-corrected chi connectivity index (χ2v) is 8.21. The molecule has 4 rings (SSSR count). The van der Waals surface area contributed by atoms with Gasteiger partial charge >= 0.3 is 11.8 Å². The summed E-state index contributed by atoms with van der Waals surface area (Å²) in [6.45, 7) is 0. The summed E-state index contributed by atoms with van der Waals surface area (Å²) in [6, 6.07) is 6.33. The fourth-order valence-electron chi connectivity index (χ4n) is 4.17. The third-order valence-electron chi connectivity index (χ3n) is 6.18. The van der Waals surface area contributed by atoms with Crippen LogP contribution in [0.15, 0.2) is 24.3 Å². The first-order chi connectivity index (χ1) is 14.1. The molecule has 4 nitrogen and oxygen atoms in total. The summed E-state index contributed by atoms with van der Waals surface area (Å²) in [5.41, 5.74) is 1.85. The smallest absolute Gasteiger partial charge is 0.311 e. The van der Waals surface area contributed by atoms with Gasteiger partial charge in [-0.1, -0.05) is 24.6 Å². The lowest BCUT2D eigenvalue weighted by Crippen LogP contribution is -2.59. The Morgan fingerprint density at radius 3 is 2.50 bits per heavy atom. The lowest BCUT2D eigenvalue weighted by Gasteiger charge is -2.43. The van der Waals surface area contributed by atoms with Gasteiger partial charge in [-0.05, 0) is 30.4 Å². The van der Waals surface area contributed by atoms with E-state index in [1.165, 1.54) is 10.7 Å². The average molecular weight is 427 g/mol. The van der Waals surface area contributed by atoms with Gasteiger partial charge in [-0.15, -0.1) is 0 Å². The van der Waals surface area contributed by atoms with Crippen molar-refractivity contribution in [3.8, 4) is 0 Å². The molecule has 0 spiro atoms. The molecule has 2 aliphatic carbocycles. The van der Waals surface area contributed by atoms with Crippen LogP contribution in [-0.2, 0) is 18.3 Å². The van der Waals surface area contributed by atoms with Crippen molar-refractivity contribution in [2.45, 2.75) is 56.3 Å². The zero-order valence-electron chi connectivity index (χ0n) is 16.4. The average Bonchev–Trinajstić information content (AvgIpc) is 2.90. The summed E-state index contributed by atoms with van der Waals surface area (Å²) in [7, 11) is 1.61. The molecule has 1 atom stereocenters. The van der Waals surface area contributed by atoms with E-state index in [4.69, 9.17) is 0 Å². The normalized spacial score (nSPS) is 22.3. The first-order valence-electron chi connectivity index (χ1n) is 9.95. The largest absolute Gasteiger partial charge is 0.313 e. The quantitative estimate of drug-likeness (QED) is 0.657. The molecule has 1 amide bonds. The number of nitrogens with zero attached hydrogens (tertiary/aromatic N) is 2. The second kappa shape index (κ2) is 7.35. The Hall–Kier alpha value is -2.45. The van der Waals surface area contributed by atoms with Crippen molar-refractivity contribution in [1.29, 1.82) is 0 Å². The Morgan fingerprint density at radius 2 is 1.93 bits per heavy atom. The number of hydrogen-bond donors (Lipinski definition) is 1. The fraction of sp³-hybridized carbons (Fsp3) is 0.524. The number of anilines is 1. The minimum Gasteiger partial charge on any atom is -0.311 e. The highest BCUT2D eigenvalue weighted by Crippen LogP contribution is 2.56. The van der Waals surface area contributed by atoms with E-state index in [9.17, 15) is 26.7 Å². The molecule has 0 unspecified atom stereocenters. The van der Waals surface area contributed by atoms with Gasteiger partial charge in [0.15, 0.2) is 0 Å². The predicted octanol–water partition coefficient (Wildman–Crippen LogP) is 5.04. The van der Waals surface area contributed by atoms with Crippen LogP contribution in [0.25, 0.3) is 0 Å². The summed E-state index contributed by atoms with van der Waals surface area (Å²) in [6.07, 6.45) is 1.30. The van der Waals surface area contributed by atoms with Crippen LogP contribution < -0.4 is 5.32 Å². The molecule has 0 saturated heterocycles. The number of carbonyl (C=O) groups excluding carboxylic acids is 1. The van der Waals surface area contributed by atoms with E-state index in [0.29, 0.717) is 17.1 Å². The molecule has 9 heteroatoms. The van der Waals surface area contributed by atoms with Gasteiger partial charge in [0.1, 0.15) is 11.6 Å². The number of carbonyl (C=O) groups is 1. The number of aromatic nitrogens is 2. The highest BCUT2D eigenvalue weighted by molar-refractivity contribution is 5.91. The Bertz CT molecular complexity index is 968. The first-order valence-corrected chi connectivity index (χ1v) is 9.95. The number of benzene rings is 1. The summed E-state index contributed by atoms with van der Waals surface area (Å²) in [4.78, 5) is 12.4. The Morgan fingerprint density at radius 1 is 1.23 bits per heavy atom. The minimum atomic E-state index is -4.18. The van der Waals surface area contributed by atoms with Gasteiger partial charge in [-0.3, -0.25) is 9.48 Å². The summed E-state index contributed by atoms with van der Waals surface area (Å²) >= 11 is 0. The van der Waals surface area contributed by atoms with Gasteiger partial charge in [0.05, 0.1) is 5.69 Å². The number of hydrogen-bond acceptors (Lipinski definition) is 2. The molecular formula is C21H22F5N3O. The summed E-state index contributed by atoms with van der Waals surface area (Å²) in [5.74, 6) is -10.5. The zero-order chi connectivity index (χ0) is 21.7. The van der Waals surface area contributed by atoms with Crippen molar-refractivity contribution in [2.24, 2.45) is 13.0 Å². The van der Waals surface area contributed by atoms with E-state index < -0.39 is 36.5 Å². The van der Waals surface area contributed by atoms with Crippen molar-refractivity contribution in [1.82, 2.24) is 9.78 Å². The van der Waals surface area contributed by atoms with Crippen molar-refractivity contribution < 1.29 is 26.7 Å². The van der Waals surface area contributed by atoms with Crippen molar-refractivity contribution in [3.05, 3.63) is 46.9 Å². The molecule has 1 heterocycles. The lowest BCUT2D eigenvalue weighted by atomic mass is 9.74. The van der Waals surface area contributed by atoms with Crippen LogP contribution in [0.2, 0.25) is 0 Å². The molecule has 0 radical (unpaired) electrons. The monoisotopic (exact) mass is 427 g/mol. The highest BCUT2D eigenvalue weighted by Gasteiger charge is 2.71. The van der Waals surface area contributed by atoms with Crippen molar-refractivity contribution in [2.75, 3.05) is 5.32 Å². The molecule has 162 valence electrons. The second-order valence-electron chi connectivity index (χ2n) is 8.21. The van der Waals surface area contributed by atoms with Crippen LogP contribution in [0, 0.1) is 11.7 Å². The Balaban J connectivity index is 1.55. The third-order valence-corrected chi connectivity index (χ3v) is 6.18. The highest BCUT2D eigenvalue weighted by atomic mass is 19.3. The van der Waals surface area contributed by atoms with E-state index >= 15 is 0 Å². The summed E-state index contributed by atoms with van der Waals surface area (Å²) in [5, 5.41) is 7.04. The molecule has 0 aliphatic heterocycles. The number of halogens is 5. The fourth-order valence-corrected chi connectivity index (χ4v) is 4.17. The van der Waals surface area contributed by atoms with E-state index in [0.717, 1.165) is 24.8 Å². The van der Waals surface area contributed by atoms with E-state index in [1.54, 1.807) is 25.2 Å². The van der Waals surface area contributed by atoms with Gasteiger partial charge in [0.25, 0.3) is 0 Å². The number of nitrogens with one attached hydrogen (secondary N) is 1. The molecule has 30 heavy (non-hydrogen) atoms. The zero-order valence-corrected chi connectivity index (χ0v) is 16.4. The molecule has 2 aliphatic rings. The van der Waals surface area contributed by atoms with Gasteiger partial charge < -0.3 is 5.32 Å². The van der Waals surface area contributed by atoms with Crippen LogP contribution in [0.1, 0.15) is 54.8 Å². The van der Waals surface area contributed by atoms with Crippen molar-refractivity contribution in [3.63, 3.8) is 0 Å². The van der Waals surface area contributed by atoms with Gasteiger partial charge in [0, 0.05) is 37.8 Å². The van der Waals surface area contributed by atoms with E-state index in [2.05, 4.69) is 10.4 Å². The maximum atomic E-state index is 14.1. The first kappa shape index (κ1) is 20.8. The number of rotatable bonds is 6. The molecule has 2 saturated carbocycles. The molecule has 2 fully saturated rings. The van der Waals surface area contributed by atoms with E-state index in [-0.39, 0.29) is 18.2 Å². The van der Waals surface area contributed by atoms with E-state index in [1.807, 2.05) is 0 Å². The molecular weight excluding hydrogens is 405 g/mol. The SMILES string of the molecule is Cn1nc(Cc2ccccc2F)c(C2CCC2)c1NC(=O)C[C@H]1CC(F)(F)C1(F)F. The minimum absolute atomic E-state index is 0.130. The number of amides is 1. The van der Waals surface area contributed by atoms with Crippen LogP contribution >= 0.6 is 0 Å². The Kier molecular flexibility index (Phi) is 5.10. The maximum Gasteiger partial charge on any atom is 0.313 e. The molecule has 1 aromatic carbocycles. The predicted molar refractivity (Wildman–Crippen MR) is 100 cm³/mol. The molecule has 1 aromatic heterocycles. The number of alkyl halides is 4. The summed E-state index contributed by atoms with van der Waals surface area (Å²) < 4.78 is 68.7. The van der Waals surface area contributed by atoms with Gasteiger partial charge in [-0.2, -0.15) is 22.7 Å².